The Morgan fingerprint density at radius 1 is 1.07 bits per heavy atom. The zero-order valence-electron chi connectivity index (χ0n) is 16.2. The predicted octanol–water partition coefficient (Wildman–Crippen LogP) is 3.54. The van der Waals surface area contributed by atoms with Crippen LogP contribution < -0.4 is 15.4 Å². The molecule has 3 rings (SSSR count). The maximum atomic E-state index is 12.7. The lowest BCUT2D eigenvalue weighted by Crippen LogP contribution is -2.51. The Morgan fingerprint density at radius 3 is 2.59 bits per heavy atom. The van der Waals surface area contributed by atoms with Crippen molar-refractivity contribution in [3.8, 4) is 11.5 Å². The molecule has 0 aliphatic carbocycles. The van der Waals surface area contributed by atoms with Crippen molar-refractivity contribution in [1.82, 2.24) is 10.6 Å². The lowest BCUT2D eigenvalue weighted by Gasteiger charge is -2.33. The van der Waals surface area contributed by atoms with Gasteiger partial charge in [-0.05, 0) is 36.8 Å². The van der Waals surface area contributed by atoms with E-state index in [4.69, 9.17) is 14.2 Å². The Labute approximate surface area is 169 Å². The Bertz CT molecular complexity index is 869. The Hall–Kier alpha value is -3.32. The molecule has 0 spiro atoms. The number of carbonyl (C=O) groups is 2. The second kappa shape index (κ2) is 9.75. The van der Waals surface area contributed by atoms with Gasteiger partial charge >= 0.3 is 12.0 Å². The van der Waals surface area contributed by atoms with Gasteiger partial charge < -0.3 is 24.8 Å². The van der Waals surface area contributed by atoms with Crippen LogP contribution in [0.1, 0.15) is 18.5 Å². The summed E-state index contributed by atoms with van der Waals surface area (Å²) >= 11 is 0. The zero-order valence-corrected chi connectivity index (χ0v) is 16.2. The molecular formula is C22H24N2O5. The monoisotopic (exact) mass is 396 g/mol. The molecule has 2 aromatic carbocycles. The summed E-state index contributed by atoms with van der Waals surface area (Å²) in [5.74, 6) is 0.0220. The average molecular weight is 396 g/mol. The van der Waals surface area contributed by atoms with E-state index in [0.717, 1.165) is 0 Å². The molecule has 2 atom stereocenters. The number of hydrogen-bond donors (Lipinski definition) is 2. The van der Waals surface area contributed by atoms with E-state index in [1.54, 1.807) is 6.07 Å². The van der Waals surface area contributed by atoms with Gasteiger partial charge in [-0.1, -0.05) is 36.9 Å². The van der Waals surface area contributed by atoms with E-state index in [0.29, 0.717) is 30.3 Å². The summed E-state index contributed by atoms with van der Waals surface area (Å²) in [6.07, 6.45) is 0. The third-order valence-electron chi connectivity index (χ3n) is 4.40. The lowest BCUT2D eigenvalue weighted by molar-refractivity contribution is -0.150. The standard InChI is InChI=1S/C22H24N2O5/c1-3-27-12-13-28-21(25)19-15(2)23-22(26)24-20(19)16-8-7-11-18(14-16)29-17-9-5-4-6-10-17/h4-11,14,19-20H,2-3,12-13H2,1H3,(H2,23,24,26)/t19-,20+/m1/s1. The van der Waals surface area contributed by atoms with Crippen molar-refractivity contribution in [3.63, 3.8) is 0 Å². The molecule has 0 aromatic heterocycles. The number of amides is 2. The number of rotatable bonds is 8. The van der Waals surface area contributed by atoms with E-state index in [2.05, 4.69) is 17.2 Å². The molecule has 2 N–H and O–H groups in total. The van der Waals surface area contributed by atoms with Crippen molar-refractivity contribution in [2.45, 2.75) is 13.0 Å². The first kappa shape index (κ1) is 20.4. The third kappa shape index (κ3) is 5.36. The quantitative estimate of drug-likeness (QED) is 0.527. The highest BCUT2D eigenvalue weighted by atomic mass is 16.6. The first-order chi connectivity index (χ1) is 14.1. The summed E-state index contributed by atoms with van der Waals surface area (Å²) in [6, 6.07) is 15.5. The minimum atomic E-state index is -0.777. The predicted molar refractivity (Wildman–Crippen MR) is 107 cm³/mol. The molecule has 1 aliphatic heterocycles. The SMILES string of the molecule is C=C1NC(=O)N[C@@H](c2cccc(Oc3ccccc3)c2)[C@@H]1C(=O)OCCOCC. The van der Waals surface area contributed by atoms with Crippen molar-refractivity contribution < 1.29 is 23.8 Å². The molecule has 2 amide bonds. The largest absolute Gasteiger partial charge is 0.463 e. The summed E-state index contributed by atoms with van der Waals surface area (Å²) < 4.78 is 16.4. The molecule has 0 unspecified atom stereocenters. The van der Waals surface area contributed by atoms with Crippen LogP contribution in [0.2, 0.25) is 0 Å². The van der Waals surface area contributed by atoms with Crippen LogP contribution in [0.4, 0.5) is 4.79 Å². The topological polar surface area (TPSA) is 85.9 Å². The second-order valence-corrected chi connectivity index (χ2v) is 6.43. The molecular weight excluding hydrogens is 372 g/mol. The van der Waals surface area contributed by atoms with Crippen LogP contribution in [-0.4, -0.2) is 31.8 Å². The average Bonchev–Trinajstić information content (AvgIpc) is 2.71. The van der Waals surface area contributed by atoms with Gasteiger partial charge in [-0.25, -0.2) is 4.79 Å². The molecule has 1 fully saturated rings. The Kier molecular flexibility index (Phi) is 6.86. The summed E-state index contributed by atoms with van der Waals surface area (Å²) in [5.41, 5.74) is 0.996. The summed E-state index contributed by atoms with van der Waals surface area (Å²) in [5, 5.41) is 5.35. The van der Waals surface area contributed by atoms with E-state index >= 15 is 0 Å². The highest BCUT2D eigenvalue weighted by Crippen LogP contribution is 2.33. The van der Waals surface area contributed by atoms with E-state index in [9.17, 15) is 9.59 Å². The molecule has 0 saturated carbocycles. The van der Waals surface area contributed by atoms with Crippen LogP contribution in [0.15, 0.2) is 66.9 Å². The van der Waals surface area contributed by atoms with E-state index in [1.807, 2.05) is 55.5 Å². The first-order valence-electron chi connectivity index (χ1n) is 9.42. The number of benzene rings is 2. The van der Waals surface area contributed by atoms with Gasteiger partial charge in [0.25, 0.3) is 0 Å². The fourth-order valence-corrected chi connectivity index (χ4v) is 3.07. The summed E-state index contributed by atoms with van der Waals surface area (Å²) in [7, 11) is 0. The maximum Gasteiger partial charge on any atom is 0.319 e. The van der Waals surface area contributed by atoms with Gasteiger partial charge in [0.2, 0.25) is 0 Å². The number of esters is 1. The molecule has 1 saturated heterocycles. The van der Waals surface area contributed by atoms with Crippen molar-refractivity contribution in [2.24, 2.45) is 5.92 Å². The molecule has 7 nitrogen and oxygen atoms in total. The first-order valence-corrected chi connectivity index (χ1v) is 9.42. The van der Waals surface area contributed by atoms with E-state index in [1.165, 1.54) is 0 Å². The highest BCUT2D eigenvalue weighted by Gasteiger charge is 2.39. The fraction of sp³-hybridized carbons (Fsp3) is 0.273. The smallest absolute Gasteiger partial charge is 0.319 e. The number of para-hydroxylation sites is 1. The fourth-order valence-electron chi connectivity index (χ4n) is 3.07. The zero-order chi connectivity index (χ0) is 20.6. The van der Waals surface area contributed by atoms with E-state index < -0.39 is 24.0 Å². The van der Waals surface area contributed by atoms with Crippen LogP contribution in [0.3, 0.4) is 0 Å². The number of carbonyl (C=O) groups excluding carboxylic acids is 2. The minimum absolute atomic E-state index is 0.133. The molecule has 29 heavy (non-hydrogen) atoms. The van der Waals surface area contributed by atoms with Crippen molar-refractivity contribution in [1.29, 1.82) is 0 Å². The minimum Gasteiger partial charge on any atom is -0.463 e. The lowest BCUT2D eigenvalue weighted by atomic mass is 9.89. The van der Waals surface area contributed by atoms with E-state index in [-0.39, 0.29) is 12.3 Å². The van der Waals surface area contributed by atoms with Gasteiger partial charge in [-0.3, -0.25) is 4.79 Å². The molecule has 2 aromatic rings. The Balaban J connectivity index is 1.79. The van der Waals surface area contributed by atoms with Crippen LogP contribution in [0.25, 0.3) is 0 Å². The van der Waals surface area contributed by atoms with Crippen LogP contribution >= 0.6 is 0 Å². The molecule has 152 valence electrons. The molecule has 7 heteroatoms. The number of ether oxygens (including phenoxy) is 3. The Morgan fingerprint density at radius 2 is 1.83 bits per heavy atom. The molecule has 0 radical (unpaired) electrons. The number of urea groups is 1. The summed E-state index contributed by atoms with van der Waals surface area (Å²) in [4.78, 5) is 24.7. The van der Waals surface area contributed by atoms with Crippen LogP contribution in [0.5, 0.6) is 11.5 Å². The van der Waals surface area contributed by atoms with Gasteiger partial charge in [-0.2, -0.15) is 0 Å². The highest BCUT2D eigenvalue weighted by molar-refractivity contribution is 5.85. The maximum absolute atomic E-state index is 12.7. The van der Waals surface area contributed by atoms with Crippen LogP contribution in [0, 0.1) is 5.92 Å². The molecule has 1 aliphatic rings. The summed E-state index contributed by atoms with van der Waals surface area (Å²) in [6.45, 7) is 6.70. The van der Waals surface area contributed by atoms with Crippen molar-refractivity contribution in [2.75, 3.05) is 19.8 Å². The molecule has 1 heterocycles. The van der Waals surface area contributed by atoms with Crippen LogP contribution in [-0.2, 0) is 14.3 Å². The third-order valence-corrected chi connectivity index (χ3v) is 4.40. The van der Waals surface area contributed by atoms with Gasteiger partial charge in [0.1, 0.15) is 24.0 Å². The second-order valence-electron chi connectivity index (χ2n) is 6.43. The number of hydrogen-bond acceptors (Lipinski definition) is 5. The number of nitrogens with one attached hydrogen (secondary N) is 2. The van der Waals surface area contributed by atoms with Crippen molar-refractivity contribution >= 4 is 12.0 Å². The van der Waals surface area contributed by atoms with Gasteiger partial charge in [0, 0.05) is 12.3 Å². The molecule has 0 bridgehead atoms. The van der Waals surface area contributed by atoms with Gasteiger partial charge in [-0.15, -0.1) is 0 Å². The van der Waals surface area contributed by atoms with Gasteiger partial charge in [0.15, 0.2) is 0 Å². The normalized spacial score (nSPS) is 18.5. The van der Waals surface area contributed by atoms with Gasteiger partial charge in [0.05, 0.1) is 12.6 Å². The van der Waals surface area contributed by atoms with Crippen molar-refractivity contribution in [3.05, 3.63) is 72.4 Å².